The number of hydrogen-bond acceptors (Lipinski definition) is 3. The molecule has 0 saturated heterocycles. The van der Waals surface area contributed by atoms with Crippen LogP contribution in [-0.4, -0.2) is 17.7 Å². The largest absolute Gasteiger partial charge is 0.395 e. The summed E-state index contributed by atoms with van der Waals surface area (Å²) >= 11 is 6.03. The number of halogens is 4. The number of fused-ring (bicyclic) bond motifs is 1. The second kappa shape index (κ2) is 5.65. The van der Waals surface area contributed by atoms with Crippen molar-refractivity contribution in [3.8, 4) is 6.07 Å². The van der Waals surface area contributed by atoms with Crippen LogP contribution in [0.2, 0.25) is 5.02 Å². The highest BCUT2D eigenvalue weighted by molar-refractivity contribution is 6.35. The Bertz CT molecular complexity index is 748. The standard InChI is InChI=1S/C15H13ClF3N3/c1-14(2,15(17,18)19)8-22-12-9(6-20)7-21-13-10(12)4-3-5-11(13)16/h3-5,7H,8H2,1-2H3,(H,21,22). The van der Waals surface area contributed by atoms with E-state index in [0.29, 0.717) is 21.6 Å². The number of rotatable bonds is 3. The Morgan fingerprint density at radius 3 is 2.59 bits per heavy atom. The van der Waals surface area contributed by atoms with Gasteiger partial charge in [0.15, 0.2) is 0 Å². The first-order valence-corrected chi connectivity index (χ1v) is 6.83. The van der Waals surface area contributed by atoms with Crippen LogP contribution in [0.1, 0.15) is 19.4 Å². The Labute approximate surface area is 130 Å². The molecule has 7 heteroatoms. The lowest BCUT2D eigenvalue weighted by molar-refractivity contribution is -0.206. The zero-order chi connectivity index (χ0) is 16.5. The summed E-state index contributed by atoms with van der Waals surface area (Å²) in [5.74, 6) is 0. The highest BCUT2D eigenvalue weighted by Crippen LogP contribution is 2.38. The Kier molecular flexibility index (Phi) is 4.21. The molecule has 2 rings (SSSR count). The van der Waals surface area contributed by atoms with Crippen molar-refractivity contribution in [2.45, 2.75) is 20.0 Å². The fourth-order valence-electron chi connectivity index (χ4n) is 1.87. The van der Waals surface area contributed by atoms with Gasteiger partial charge in [0, 0.05) is 18.1 Å². The van der Waals surface area contributed by atoms with Gasteiger partial charge < -0.3 is 5.32 Å². The van der Waals surface area contributed by atoms with Crippen molar-refractivity contribution >= 4 is 28.2 Å². The third kappa shape index (κ3) is 2.95. The van der Waals surface area contributed by atoms with E-state index in [1.54, 1.807) is 18.2 Å². The van der Waals surface area contributed by atoms with Crippen molar-refractivity contribution < 1.29 is 13.2 Å². The molecule has 0 amide bonds. The van der Waals surface area contributed by atoms with Gasteiger partial charge >= 0.3 is 6.18 Å². The molecular weight excluding hydrogens is 315 g/mol. The van der Waals surface area contributed by atoms with Crippen LogP contribution < -0.4 is 5.32 Å². The normalized spacial score (nSPS) is 12.2. The smallest absolute Gasteiger partial charge is 0.382 e. The Morgan fingerprint density at radius 2 is 2.00 bits per heavy atom. The fourth-order valence-corrected chi connectivity index (χ4v) is 2.10. The predicted molar refractivity (Wildman–Crippen MR) is 79.8 cm³/mol. The number of benzene rings is 1. The van der Waals surface area contributed by atoms with E-state index >= 15 is 0 Å². The van der Waals surface area contributed by atoms with Gasteiger partial charge in [-0.15, -0.1) is 0 Å². The first kappa shape index (κ1) is 16.4. The van der Waals surface area contributed by atoms with Crippen LogP contribution in [0.25, 0.3) is 10.9 Å². The lowest BCUT2D eigenvalue weighted by atomic mass is 9.92. The number of pyridine rings is 1. The molecule has 3 nitrogen and oxygen atoms in total. The van der Waals surface area contributed by atoms with Gasteiger partial charge in [-0.05, 0) is 19.9 Å². The second-order valence-electron chi connectivity index (χ2n) is 5.53. The lowest BCUT2D eigenvalue weighted by Crippen LogP contribution is -2.38. The maximum atomic E-state index is 13.0. The quantitative estimate of drug-likeness (QED) is 0.884. The van der Waals surface area contributed by atoms with Crippen LogP contribution in [0.3, 0.4) is 0 Å². The summed E-state index contributed by atoms with van der Waals surface area (Å²) in [6.07, 6.45) is -3.05. The molecule has 0 spiro atoms. The van der Waals surface area contributed by atoms with Crippen LogP contribution in [0.5, 0.6) is 0 Å². The molecule has 0 aliphatic heterocycles. The molecule has 0 aliphatic rings. The van der Waals surface area contributed by atoms with E-state index in [9.17, 15) is 13.2 Å². The van der Waals surface area contributed by atoms with Crippen LogP contribution in [0.4, 0.5) is 18.9 Å². The summed E-state index contributed by atoms with van der Waals surface area (Å²) in [5, 5.41) is 12.8. The molecule has 0 atom stereocenters. The Hall–Kier alpha value is -2.00. The maximum absolute atomic E-state index is 13.0. The minimum absolute atomic E-state index is 0.174. The van der Waals surface area contributed by atoms with Crippen molar-refractivity contribution in [3.05, 3.63) is 35.0 Å². The lowest BCUT2D eigenvalue weighted by Gasteiger charge is -2.28. The molecule has 1 heterocycles. The van der Waals surface area contributed by atoms with Crippen molar-refractivity contribution in [2.75, 3.05) is 11.9 Å². The topological polar surface area (TPSA) is 48.7 Å². The third-order valence-electron chi connectivity index (χ3n) is 3.44. The molecule has 22 heavy (non-hydrogen) atoms. The van der Waals surface area contributed by atoms with Crippen LogP contribution >= 0.6 is 11.6 Å². The maximum Gasteiger partial charge on any atom is 0.395 e. The zero-order valence-corrected chi connectivity index (χ0v) is 12.7. The zero-order valence-electron chi connectivity index (χ0n) is 11.9. The average molecular weight is 328 g/mol. The molecule has 116 valence electrons. The molecule has 0 bridgehead atoms. The minimum Gasteiger partial charge on any atom is -0.382 e. The molecule has 0 radical (unpaired) electrons. The van der Waals surface area contributed by atoms with E-state index in [4.69, 9.17) is 16.9 Å². The van der Waals surface area contributed by atoms with Crippen LogP contribution in [-0.2, 0) is 0 Å². The molecule has 0 unspecified atom stereocenters. The van der Waals surface area contributed by atoms with Gasteiger partial charge in [-0.1, -0.05) is 23.7 Å². The average Bonchev–Trinajstić information content (AvgIpc) is 2.43. The summed E-state index contributed by atoms with van der Waals surface area (Å²) in [6.45, 7) is 1.83. The van der Waals surface area contributed by atoms with Crippen molar-refractivity contribution in [1.82, 2.24) is 4.98 Å². The predicted octanol–water partition coefficient (Wildman–Crippen LogP) is 4.76. The number of nitriles is 1. The summed E-state index contributed by atoms with van der Waals surface area (Å²) in [6, 6.07) is 6.89. The number of anilines is 1. The molecule has 0 aliphatic carbocycles. The number of nitrogens with zero attached hydrogens (tertiary/aromatic N) is 2. The summed E-state index contributed by atoms with van der Waals surface area (Å²) < 4.78 is 38.9. The van der Waals surface area contributed by atoms with Gasteiger partial charge in [0.05, 0.1) is 27.2 Å². The SMILES string of the molecule is CC(C)(CNc1c(C#N)cnc2c(Cl)cccc12)C(F)(F)F. The van der Waals surface area contributed by atoms with E-state index in [2.05, 4.69) is 10.3 Å². The van der Waals surface area contributed by atoms with Gasteiger partial charge in [-0.2, -0.15) is 18.4 Å². The van der Waals surface area contributed by atoms with Crippen LogP contribution in [0, 0.1) is 16.7 Å². The van der Waals surface area contributed by atoms with E-state index in [1.807, 2.05) is 6.07 Å². The van der Waals surface area contributed by atoms with E-state index in [0.717, 1.165) is 13.8 Å². The highest BCUT2D eigenvalue weighted by Gasteiger charge is 2.47. The Morgan fingerprint density at radius 1 is 1.32 bits per heavy atom. The monoisotopic (exact) mass is 327 g/mol. The first-order valence-electron chi connectivity index (χ1n) is 6.45. The fraction of sp³-hybridized carbons (Fsp3) is 0.333. The number of alkyl halides is 3. The van der Waals surface area contributed by atoms with Gasteiger partial charge in [-0.3, -0.25) is 4.98 Å². The van der Waals surface area contributed by atoms with E-state index < -0.39 is 11.6 Å². The highest BCUT2D eigenvalue weighted by atomic mass is 35.5. The number of aromatic nitrogens is 1. The summed E-state index contributed by atoms with van der Waals surface area (Å²) in [4.78, 5) is 4.09. The number of nitrogens with one attached hydrogen (secondary N) is 1. The molecule has 0 saturated carbocycles. The van der Waals surface area contributed by atoms with Gasteiger partial charge in [0.25, 0.3) is 0 Å². The van der Waals surface area contributed by atoms with Crippen molar-refractivity contribution in [3.63, 3.8) is 0 Å². The molecule has 1 aromatic heterocycles. The van der Waals surface area contributed by atoms with E-state index in [-0.39, 0.29) is 12.1 Å². The first-order chi connectivity index (χ1) is 10.2. The molecular formula is C15H13ClF3N3. The molecule has 2 aromatic rings. The minimum atomic E-state index is -4.35. The Balaban J connectivity index is 2.47. The molecule has 1 N–H and O–H groups in total. The number of hydrogen-bond donors (Lipinski definition) is 1. The summed E-state index contributed by atoms with van der Waals surface area (Å²) in [7, 11) is 0. The molecule has 1 aromatic carbocycles. The van der Waals surface area contributed by atoms with Crippen LogP contribution in [0.15, 0.2) is 24.4 Å². The van der Waals surface area contributed by atoms with Crippen molar-refractivity contribution in [1.29, 1.82) is 5.26 Å². The van der Waals surface area contributed by atoms with E-state index in [1.165, 1.54) is 6.20 Å². The second-order valence-corrected chi connectivity index (χ2v) is 5.94. The van der Waals surface area contributed by atoms with Crippen molar-refractivity contribution in [2.24, 2.45) is 5.41 Å². The molecule has 0 fully saturated rings. The third-order valence-corrected chi connectivity index (χ3v) is 3.75. The number of para-hydroxylation sites is 1. The van der Waals surface area contributed by atoms with Gasteiger partial charge in [0.1, 0.15) is 6.07 Å². The summed E-state index contributed by atoms with van der Waals surface area (Å²) in [5.41, 5.74) is -1.01. The van der Waals surface area contributed by atoms with Gasteiger partial charge in [0.2, 0.25) is 0 Å². The van der Waals surface area contributed by atoms with Gasteiger partial charge in [-0.25, -0.2) is 0 Å².